The second kappa shape index (κ2) is 4.95. The van der Waals surface area contributed by atoms with Crippen molar-refractivity contribution in [3.8, 4) is 11.3 Å². The van der Waals surface area contributed by atoms with Gasteiger partial charge in [-0.1, -0.05) is 36.4 Å². The summed E-state index contributed by atoms with van der Waals surface area (Å²) in [6.45, 7) is 0. The van der Waals surface area contributed by atoms with Gasteiger partial charge in [0.2, 0.25) is 5.43 Å². The van der Waals surface area contributed by atoms with E-state index in [1.54, 1.807) is 4.68 Å². The average Bonchev–Trinajstić information content (AvgIpc) is 2.92. The molecule has 0 saturated carbocycles. The molecule has 0 N–H and O–H groups in total. The number of nitrogens with zero attached hydrogens (tertiary/aromatic N) is 2. The van der Waals surface area contributed by atoms with Crippen molar-refractivity contribution in [2.24, 2.45) is 7.05 Å². The zero-order chi connectivity index (χ0) is 15.3. The minimum atomic E-state index is -0.0201. The number of aryl methyl sites for hydroxylation is 1. The van der Waals surface area contributed by atoms with Crippen LogP contribution in [0.4, 0.5) is 0 Å². The molecule has 108 valence electrons. The fraction of sp³-hybridized carbons (Fsp3) is 0.0588. The lowest BCUT2D eigenvalue weighted by atomic mass is 10.1. The summed E-state index contributed by atoms with van der Waals surface area (Å²) in [5, 5.41) is 5.95. The lowest BCUT2D eigenvalue weighted by molar-refractivity contribution is 0.616. The van der Waals surface area contributed by atoms with E-state index in [4.69, 9.17) is 4.42 Å². The molecule has 4 nitrogen and oxygen atoms in total. The Hall–Kier alpha value is -2.15. The molecule has 0 spiro atoms. The molecule has 5 heteroatoms. The minimum Gasteiger partial charge on any atom is -0.452 e. The highest BCUT2D eigenvalue weighted by molar-refractivity contribution is 14.1. The fourth-order valence-electron chi connectivity index (χ4n) is 2.61. The SMILES string of the molecule is Cn1cc2ccc3c(=O)c(I)c(-c4ccccc4)oc3c2n1. The molecule has 0 aliphatic carbocycles. The summed E-state index contributed by atoms with van der Waals surface area (Å²) in [7, 11) is 1.86. The van der Waals surface area contributed by atoms with Crippen LogP contribution < -0.4 is 5.43 Å². The van der Waals surface area contributed by atoms with Crippen LogP contribution in [0.1, 0.15) is 0 Å². The van der Waals surface area contributed by atoms with E-state index in [1.165, 1.54) is 0 Å². The van der Waals surface area contributed by atoms with Gasteiger partial charge in [0.25, 0.3) is 0 Å². The van der Waals surface area contributed by atoms with Crippen molar-refractivity contribution in [1.29, 1.82) is 0 Å². The van der Waals surface area contributed by atoms with Gasteiger partial charge in [0.15, 0.2) is 11.3 Å². The van der Waals surface area contributed by atoms with Gasteiger partial charge in [0, 0.05) is 24.2 Å². The smallest absolute Gasteiger partial charge is 0.206 e. The number of hydrogen-bond donors (Lipinski definition) is 0. The van der Waals surface area contributed by atoms with Crippen LogP contribution in [0.3, 0.4) is 0 Å². The topological polar surface area (TPSA) is 48.0 Å². The van der Waals surface area contributed by atoms with Gasteiger partial charge in [-0.15, -0.1) is 0 Å². The molecule has 0 amide bonds. The van der Waals surface area contributed by atoms with Crippen LogP contribution in [-0.4, -0.2) is 9.78 Å². The highest BCUT2D eigenvalue weighted by Crippen LogP contribution is 2.30. The van der Waals surface area contributed by atoms with Gasteiger partial charge in [0.05, 0.1) is 5.39 Å². The van der Waals surface area contributed by atoms with E-state index < -0.39 is 0 Å². The molecular weight excluding hydrogens is 391 g/mol. The van der Waals surface area contributed by atoms with Crippen molar-refractivity contribution in [2.75, 3.05) is 0 Å². The van der Waals surface area contributed by atoms with Crippen LogP contribution in [-0.2, 0) is 7.05 Å². The maximum absolute atomic E-state index is 12.7. The summed E-state index contributed by atoms with van der Waals surface area (Å²) < 4.78 is 8.42. The molecule has 2 heterocycles. The molecule has 0 unspecified atom stereocenters. The van der Waals surface area contributed by atoms with Gasteiger partial charge in [-0.2, -0.15) is 5.10 Å². The van der Waals surface area contributed by atoms with Crippen LogP contribution in [0.25, 0.3) is 33.2 Å². The first-order valence-electron chi connectivity index (χ1n) is 6.79. The molecule has 2 aromatic heterocycles. The molecule has 0 radical (unpaired) electrons. The normalized spacial score (nSPS) is 11.4. The highest BCUT2D eigenvalue weighted by atomic mass is 127. The van der Waals surface area contributed by atoms with Crippen LogP contribution in [0.2, 0.25) is 0 Å². The lowest BCUT2D eigenvalue weighted by Gasteiger charge is -2.06. The Morgan fingerprint density at radius 3 is 2.68 bits per heavy atom. The van der Waals surface area contributed by atoms with Crippen molar-refractivity contribution in [3.63, 3.8) is 0 Å². The molecule has 4 aromatic rings. The third kappa shape index (κ3) is 1.96. The number of hydrogen-bond acceptors (Lipinski definition) is 3. The fourth-order valence-corrected chi connectivity index (χ4v) is 3.32. The van der Waals surface area contributed by atoms with Gasteiger partial charge < -0.3 is 4.42 Å². The Bertz CT molecular complexity index is 1060. The quantitative estimate of drug-likeness (QED) is 0.453. The summed E-state index contributed by atoms with van der Waals surface area (Å²) in [6.07, 6.45) is 1.91. The van der Waals surface area contributed by atoms with E-state index in [0.717, 1.165) is 10.9 Å². The van der Waals surface area contributed by atoms with Crippen LogP contribution in [0.5, 0.6) is 0 Å². The Labute approximate surface area is 139 Å². The van der Waals surface area contributed by atoms with E-state index >= 15 is 0 Å². The molecule has 2 aromatic carbocycles. The number of halogens is 1. The Kier molecular flexibility index (Phi) is 3.04. The van der Waals surface area contributed by atoms with E-state index in [9.17, 15) is 4.79 Å². The lowest BCUT2D eigenvalue weighted by Crippen LogP contribution is -2.07. The number of benzene rings is 2. The second-order valence-electron chi connectivity index (χ2n) is 5.12. The largest absolute Gasteiger partial charge is 0.452 e. The Morgan fingerprint density at radius 2 is 1.91 bits per heavy atom. The summed E-state index contributed by atoms with van der Waals surface area (Å²) in [6, 6.07) is 13.4. The summed E-state index contributed by atoms with van der Waals surface area (Å²) in [4.78, 5) is 12.7. The maximum atomic E-state index is 12.7. The predicted octanol–water partition coefficient (Wildman–Crippen LogP) is 3.95. The third-order valence-electron chi connectivity index (χ3n) is 3.63. The molecule has 0 bridgehead atoms. The Morgan fingerprint density at radius 1 is 1.14 bits per heavy atom. The van der Waals surface area contributed by atoms with E-state index in [1.807, 2.05) is 55.7 Å². The first-order chi connectivity index (χ1) is 10.6. The second-order valence-corrected chi connectivity index (χ2v) is 6.20. The van der Waals surface area contributed by atoms with Crippen molar-refractivity contribution >= 4 is 44.5 Å². The van der Waals surface area contributed by atoms with Crippen LogP contribution >= 0.6 is 22.6 Å². The van der Waals surface area contributed by atoms with Crippen molar-refractivity contribution in [2.45, 2.75) is 0 Å². The van der Waals surface area contributed by atoms with Gasteiger partial charge >= 0.3 is 0 Å². The number of fused-ring (bicyclic) bond motifs is 3. The van der Waals surface area contributed by atoms with Crippen molar-refractivity contribution < 1.29 is 4.42 Å². The van der Waals surface area contributed by atoms with Crippen LogP contribution in [0.15, 0.2) is 57.9 Å². The van der Waals surface area contributed by atoms with Crippen molar-refractivity contribution in [3.05, 3.63) is 62.5 Å². The van der Waals surface area contributed by atoms with Gasteiger partial charge in [0.1, 0.15) is 9.09 Å². The molecule has 0 atom stereocenters. The molecule has 4 rings (SSSR count). The van der Waals surface area contributed by atoms with E-state index in [0.29, 0.717) is 25.8 Å². The molecular formula is C17H11IN2O2. The van der Waals surface area contributed by atoms with Gasteiger partial charge in [-0.05, 0) is 28.7 Å². The minimum absolute atomic E-state index is 0.0201. The summed E-state index contributed by atoms with van der Waals surface area (Å²) >= 11 is 2.05. The van der Waals surface area contributed by atoms with Gasteiger partial charge in [-0.25, -0.2) is 0 Å². The van der Waals surface area contributed by atoms with Crippen LogP contribution in [0, 0.1) is 3.57 Å². The third-order valence-corrected chi connectivity index (χ3v) is 4.61. The zero-order valence-electron chi connectivity index (χ0n) is 11.7. The summed E-state index contributed by atoms with van der Waals surface area (Å²) in [5.41, 5.74) is 2.13. The first kappa shape index (κ1) is 13.5. The molecule has 0 saturated heterocycles. The average molecular weight is 402 g/mol. The summed E-state index contributed by atoms with van der Waals surface area (Å²) in [5.74, 6) is 0.594. The molecule has 0 fully saturated rings. The molecule has 0 aliphatic heterocycles. The zero-order valence-corrected chi connectivity index (χ0v) is 13.9. The standard InChI is InChI=1S/C17H11IN2O2/c1-20-9-11-7-8-12-15(21)13(18)16(10-5-3-2-4-6-10)22-17(12)14(11)19-20/h2-9H,1H3. The van der Waals surface area contributed by atoms with Crippen molar-refractivity contribution in [1.82, 2.24) is 9.78 Å². The highest BCUT2D eigenvalue weighted by Gasteiger charge is 2.16. The van der Waals surface area contributed by atoms with E-state index in [2.05, 4.69) is 27.7 Å². The predicted molar refractivity (Wildman–Crippen MR) is 94.9 cm³/mol. The number of aromatic nitrogens is 2. The molecule has 22 heavy (non-hydrogen) atoms. The molecule has 0 aliphatic rings. The monoisotopic (exact) mass is 402 g/mol. The Balaban J connectivity index is 2.17. The maximum Gasteiger partial charge on any atom is 0.206 e. The van der Waals surface area contributed by atoms with Gasteiger partial charge in [-0.3, -0.25) is 9.48 Å². The first-order valence-corrected chi connectivity index (χ1v) is 7.87. The van der Waals surface area contributed by atoms with E-state index in [-0.39, 0.29) is 5.43 Å². The number of rotatable bonds is 1.